The van der Waals surface area contributed by atoms with Crippen LogP contribution in [-0.4, -0.2) is 20.7 Å². The largest absolute Gasteiger partial charge is 0.346 e. The fourth-order valence-electron chi connectivity index (χ4n) is 2.13. The Labute approximate surface area is 125 Å². The van der Waals surface area contributed by atoms with Crippen LogP contribution in [0.3, 0.4) is 0 Å². The lowest BCUT2D eigenvalue weighted by atomic mass is 10.1. The van der Waals surface area contributed by atoms with E-state index in [4.69, 9.17) is 0 Å². The molecule has 0 saturated carbocycles. The van der Waals surface area contributed by atoms with Gasteiger partial charge < -0.3 is 5.32 Å². The van der Waals surface area contributed by atoms with Gasteiger partial charge in [-0.2, -0.15) is 5.10 Å². The normalized spacial score (nSPS) is 12.1. The second-order valence-electron chi connectivity index (χ2n) is 5.24. The molecular weight excluding hydrogens is 264 g/mol. The van der Waals surface area contributed by atoms with Gasteiger partial charge in [0.25, 0.3) is 0 Å². The van der Waals surface area contributed by atoms with Crippen LogP contribution < -0.4 is 5.32 Å². The van der Waals surface area contributed by atoms with Gasteiger partial charge in [0.2, 0.25) is 5.91 Å². The minimum absolute atomic E-state index is 0.0227. The number of carbonyl (C=O) groups excluding carboxylic acids is 1. The van der Waals surface area contributed by atoms with E-state index < -0.39 is 0 Å². The number of amides is 1. The zero-order valence-corrected chi connectivity index (χ0v) is 12.8. The van der Waals surface area contributed by atoms with E-state index in [1.165, 1.54) is 11.1 Å². The van der Waals surface area contributed by atoms with Gasteiger partial charge in [0, 0.05) is 13.5 Å². The average molecular weight is 286 g/mol. The number of aryl methyl sites for hydroxylation is 3. The Morgan fingerprint density at radius 1 is 1.29 bits per heavy atom. The topological polar surface area (TPSA) is 59.8 Å². The van der Waals surface area contributed by atoms with Crippen LogP contribution >= 0.6 is 0 Å². The first-order chi connectivity index (χ1) is 10.1. The van der Waals surface area contributed by atoms with E-state index in [2.05, 4.69) is 46.6 Å². The lowest BCUT2D eigenvalue weighted by molar-refractivity contribution is -0.121. The van der Waals surface area contributed by atoms with E-state index in [9.17, 15) is 4.79 Å². The van der Waals surface area contributed by atoms with Crippen LogP contribution in [0.15, 0.2) is 30.6 Å². The van der Waals surface area contributed by atoms with Crippen molar-refractivity contribution in [3.05, 3.63) is 47.5 Å². The van der Waals surface area contributed by atoms with E-state index in [1.807, 2.05) is 14.0 Å². The summed E-state index contributed by atoms with van der Waals surface area (Å²) in [4.78, 5) is 16.1. The predicted octanol–water partition coefficient (Wildman–Crippen LogP) is 2.19. The summed E-state index contributed by atoms with van der Waals surface area (Å²) in [7, 11) is 1.81. The monoisotopic (exact) mass is 286 g/mol. The van der Waals surface area contributed by atoms with Gasteiger partial charge in [-0.1, -0.05) is 31.2 Å². The van der Waals surface area contributed by atoms with Crippen LogP contribution in [0.2, 0.25) is 0 Å². The molecule has 1 aromatic carbocycles. The van der Waals surface area contributed by atoms with Crippen molar-refractivity contribution in [2.75, 3.05) is 0 Å². The number of hydrogen-bond donors (Lipinski definition) is 1. The molecule has 1 N–H and O–H groups in total. The molecule has 0 unspecified atom stereocenters. The van der Waals surface area contributed by atoms with Crippen molar-refractivity contribution in [2.24, 2.45) is 7.05 Å². The highest BCUT2D eigenvalue weighted by atomic mass is 16.1. The fraction of sp³-hybridized carbons (Fsp3) is 0.438. The van der Waals surface area contributed by atoms with E-state index in [1.54, 1.807) is 11.0 Å². The molecule has 2 rings (SSSR count). The van der Waals surface area contributed by atoms with Crippen LogP contribution in [0.4, 0.5) is 0 Å². The summed E-state index contributed by atoms with van der Waals surface area (Å²) in [5, 5.41) is 7.12. The Hall–Kier alpha value is -2.17. The van der Waals surface area contributed by atoms with Crippen LogP contribution in [0.1, 0.15) is 43.3 Å². The molecule has 0 radical (unpaired) electrons. The number of carbonyl (C=O) groups is 1. The van der Waals surface area contributed by atoms with Crippen molar-refractivity contribution < 1.29 is 4.79 Å². The summed E-state index contributed by atoms with van der Waals surface area (Å²) < 4.78 is 1.63. The van der Waals surface area contributed by atoms with Crippen molar-refractivity contribution in [2.45, 2.75) is 39.2 Å². The van der Waals surface area contributed by atoms with Crippen molar-refractivity contribution >= 4 is 5.91 Å². The Bertz CT molecular complexity index is 589. The van der Waals surface area contributed by atoms with Crippen LogP contribution in [-0.2, 0) is 24.7 Å². The standard InChI is InChI=1S/C16H22N4O/c1-4-13-5-7-14(8-6-13)9-10-15(21)18-12(2)16-17-11-20(3)19-16/h5-8,11-12H,4,9-10H2,1-3H3,(H,18,21)/t12-/m1/s1. The van der Waals surface area contributed by atoms with E-state index >= 15 is 0 Å². The Balaban J connectivity index is 1.81. The third-order valence-corrected chi connectivity index (χ3v) is 3.45. The molecule has 0 fully saturated rings. The highest BCUT2D eigenvalue weighted by molar-refractivity contribution is 5.76. The first kappa shape index (κ1) is 15.2. The van der Waals surface area contributed by atoms with Crippen molar-refractivity contribution in [3.8, 4) is 0 Å². The fourth-order valence-corrected chi connectivity index (χ4v) is 2.13. The van der Waals surface area contributed by atoms with Gasteiger partial charge in [-0.05, 0) is 30.9 Å². The number of rotatable bonds is 6. The van der Waals surface area contributed by atoms with Gasteiger partial charge in [-0.3, -0.25) is 9.48 Å². The molecule has 5 heteroatoms. The maximum atomic E-state index is 12.0. The Morgan fingerprint density at radius 3 is 2.52 bits per heavy atom. The molecule has 2 aromatic rings. The van der Waals surface area contributed by atoms with Gasteiger partial charge in [-0.25, -0.2) is 4.98 Å². The smallest absolute Gasteiger partial charge is 0.220 e. The number of aromatic nitrogens is 3. The minimum atomic E-state index is -0.166. The zero-order chi connectivity index (χ0) is 15.2. The zero-order valence-electron chi connectivity index (χ0n) is 12.8. The molecular formula is C16H22N4O. The van der Waals surface area contributed by atoms with Crippen molar-refractivity contribution in [1.82, 2.24) is 20.1 Å². The van der Waals surface area contributed by atoms with E-state index in [0.717, 1.165) is 12.8 Å². The predicted molar refractivity (Wildman–Crippen MR) is 81.7 cm³/mol. The average Bonchev–Trinajstić information content (AvgIpc) is 2.92. The highest BCUT2D eigenvalue weighted by Gasteiger charge is 2.13. The molecule has 1 aromatic heterocycles. The van der Waals surface area contributed by atoms with Crippen LogP contribution in [0.25, 0.3) is 0 Å². The van der Waals surface area contributed by atoms with Crippen LogP contribution in [0, 0.1) is 0 Å². The molecule has 0 aliphatic carbocycles. The second kappa shape index (κ2) is 7.02. The number of benzene rings is 1. The van der Waals surface area contributed by atoms with Gasteiger partial charge in [0.1, 0.15) is 6.33 Å². The number of hydrogen-bond acceptors (Lipinski definition) is 3. The lowest BCUT2D eigenvalue weighted by Crippen LogP contribution is -2.27. The SMILES string of the molecule is CCc1ccc(CCC(=O)N[C@H](C)c2ncn(C)n2)cc1. The molecule has 21 heavy (non-hydrogen) atoms. The summed E-state index contributed by atoms with van der Waals surface area (Å²) in [6.07, 6.45) is 3.89. The molecule has 1 atom stereocenters. The summed E-state index contributed by atoms with van der Waals surface area (Å²) in [5.41, 5.74) is 2.50. The van der Waals surface area contributed by atoms with Gasteiger partial charge in [-0.15, -0.1) is 0 Å². The molecule has 0 aliphatic heterocycles. The molecule has 0 bridgehead atoms. The van der Waals surface area contributed by atoms with Gasteiger partial charge in [0.05, 0.1) is 6.04 Å². The molecule has 0 aliphatic rings. The Kier molecular flexibility index (Phi) is 5.09. The molecule has 1 heterocycles. The summed E-state index contributed by atoms with van der Waals surface area (Å²) in [5.74, 6) is 0.660. The third-order valence-electron chi connectivity index (χ3n) is 3.45. The summed E-state index contributed by atoms with van der Waals surface area (Å²) in [6.45, 7) is 4.03. The van der Waals surface area contributed by atoms with Crippen molar-refractivity contribution in [1.29, 1.82) is 0 Å². The molecule has 0 spiro atoms. The maximum absolute atomic E-state index is 12.0. The van der Waals surface area contributed by atoms with E-state index in [0.29, 0.717) is 12.2 Å². The van der Waals surface area contributed by atoms with E-state index in [-0.39, 0.29) is 11.9 Å². The first-order valence-corrected chi connectivity index (χ1v) is 7.31. The number of nitrogens with one attached hydrogen (secondary N) is 1. The maximum Gasteiger partial charge on any atom is 0.220 e. The molecule has 5 nitrogen and oxygen atoms in total. The first-order valence-electron chi connectivity index (χ1n) is 7.31. The lowest BCUT2D eigenvalue weighted by Gasteiger charge is -2.10. The minimum Gasteiger partial charge on any atom is -0.346 e. The number of nitrogens with zero attached hydrogens (tertiary/aromatic N) is 3. The van der Waals surface area contributed by atoms with Gasteiger partial charge in [0.15, 0.2) is 5.82 Å². The second-order valence-corrected chi connectivity index (χ2v) is 5.24. The molecule has 1 amide bonds. The highest BCUT2D eigenvalue weighted by Crippen LogP contribution is 2.09. The quantitative estimate of drug-likeness (QED) is 0.885. The summed E-state index contributed by atoms with van der Waals surface area (Å²) >= 11 is 0. The third kappa shape index (κ3) is 4.41. The van der Waals surface area contributed by atoms with Crippen LogP contribution in [0.5, 0.6) is 0 Å². The van der Waals surface area contributed by atoms with Gasteiger partial charge >= 0.3 is 0 Å². The summed E-state index contributed by atoms with van der Waals surface area (Å²) in [6, 6.07) is 8.26. The van der Waals surface area contributed by atoms with Crippen molar-refractivity contribution in [3.63, 3.8) is 0 Å². The molecule has 112 valence electrons. The Morgan fingerprint density at radius 2 is 1.95 bits per heavy atom. The molecule has 0 saturated heterocycles.